The van der Waals surface area contributed by atoms with E-state index in [2.05, 4.69) is 19.1 Å². The fourth-order valence-corrected chi connectivity index (χ4v) is 1.03. The summed E-state index contributed by atoms with van der Waals surface area (Å²) < 4.78 is 0. The zero-order valence-electron chi connectivity index (χ0n) is 8.21. The number of allylic oxidation sites excluding steroid dienone is 2. The first-order valence-electron chi connectivity index (χ1n) is 4.87. The second kappa shape index (κ2) is 8.33. The summed E-state index contributed by atoms with van der Waals surface area (Å²) in [7, 11) is 0. The summed E-state index contributed by atoms with van der Waals surface area (Å²) in [5, 5.41) is 8.47. The van der Waals surface area contributed by atoms with E-state index in [4.69, 9.17) is 5.26 Å². The van der Waals surface area contributed by atoms with E-state index in [0.717, 1.165) is 6.42 Å². The quantitative estimate of drug-likeness (QED) is 0.435. The fourth-order valence-electron chi connectivity index (χ4n) is 1.03. The molecule has 0 aromatic carbocycles. The molecule has 0 fully saturated rings. The van der Waals surface area contributed by atoms with E-state index in [1.54, 1.807) is 0 Å². The van der Waals surface area contributed by atoms with Crippen molar-refractivity contribution in [3.8, 4) is 6.07 Å². The van der Waals surface area contributed by atoms with E-state index < -0.39 is 0 Å². The highest BCUT2D eigenvalue weighted by Gasteiger charge is 1.89. The van der Waals surface area contributed by atoms with Crippen molar-refractivity contribution in [2.45, 2.75) is 46.0 Å². The van der Waals surface area contributed by atoms with E-state index in [1.165, 1.54) is 25.7 Å². The number of unbranched alkanes of at least 4 members (excludes halogenated alkanes) is 4. The average Bonchev–Trinajstić information content (AvgIpc) is 2.10. The Bertz CT molecular complexity index is 153. The fraction of sp³-hybridized carbons (Fsp3) is 0.727. The topological polar surface area (TPSA) is 23.8 Å². The van der Waals surface area contributed by atoms with Crippen LogP contribution in [0.1, 0.15) is 46.0 Å². The summed E-state index contributed by atoms with van der Waals surface area (Å²) in [6.45, 7) is 4.14. The third kappa shape index (κ3) is 7.34. The Balaban J connectivity index is 3.20. The lowest BCUT2D eigenvalue weighted by Crippen LogP contribution is -1.81. The minimum Gasteiger partial charge on any atom is -0.198 e. The largest absolute Gasteiger partial charge is 0.198 e. The van der Waals surface area contributed by atoms with Crippen molar-refractivity contribution in [2.24, 2.45) is 5.92 Å². The maximum Gasteiger partial charge on any atom is 0.0694 e. The first-order valence-corrected chi connectivity index (χ1v) is 4.87. The zero-order chi connectivity index (χ0) is 9.23. The van der Waals surface area contributed by atoms with E-state index in [1.807, 2.05) is 13.0 Å². The Labute approximate surface area is 76.1 Å². The van der Waals surface area contributed by atoms with Crippen molar-refractivity contribution in [3.63, 3.8) is 0 Å². The van der Waals surface area contributed by atoms with Gasteiger partial charge in [0.2, 0.25) is 0 Å². The molecular formula is C11H19N. The van der Waals surface area contributed by atoms with Gasteiger partial charge in [-0.25, -0.2) is 0 Å². The van der Waals surface area contributed by atoms with Crippen LogP contribution in [0.4, 0.5) is 0 Å². The lowest BCUT2D eigenvalue weighted by molar-refractivity contribution is 0.673. The number of rotatable bonds is 6. The molecule has 0 amide bonds. The van der Waals surface area contributed by atoms with Crippen molar-refractivity contribution in [3.05, 3.63) is 12.2 Å². The third-order valence-electron chi connectivity index (χ3n) is 1.85. The summed E-state index contributed by atoms with van der Waals surface area (Å²) in [5.41, 5.74) is 0. The van der Waals surface area contributed by atoms with Gasteiger partial charge in [-0.15, -0.1) is 0 Å². The van der Waals surface area contributed by atoms with E-state index in [0.29, 0.717) is 0 Å². The molecule has 0 aliphatic heterocycles. The Morgan fingerprint density at radius 1 is 1.33 bits per heavy atom. The van der Waals surface area contributed by atoms with Gasteiger partial charge in [0.1, 0.15) is 0 Å². The van der Waals surface area contributed by atoms with Gasteiger partial charge in [0.05, 0.1) is 12.0 Å². The second-order valence-electron chi connectivity index (χ2n) is 3.20. The molecule has 12 heavy (non-hydrogen) atoms. The Kier molecular flexibility index (Phi) is 7.79. The van der Waals surface area contributed by atoms with Gasteiger partial charge in [0.15, 0.2) is 0 Å². The Morgan fingerprint density at radius 3 is 2.67 bits per heavy atom. The van der Waals surface area contributed by atoms with Gasteiger partial charge in [-0.1, -0.05) is 38.3 Å². The monoisotopic (exact) mass is 165 g/mol. The van der Waals surface area contributed by atoms with Crippen molar-refractivity contribution in [2.75, 3.05) is 0 Å². The van der Waals surface area contributed by atoms with Gasteiger partial charge in [-0.3, -0.25) is 0 Å². The molecule has 0 N–H and O–H groups in total. The maximum atomic E-state index is 8.47. The van der Waals surface area contributed by atoms with Crippen LogP contribution in [-0.2, 0) is 0 Å². The summed E-state index contributed by atoms with van der Waals surface area (Å²) in [5.74, 6) is 0.0798. The van der Waals surface area contributed by atoms with Crippen LogP contribution in [0, 0.1) is 17.2 Å². The minimum atomic E-state index is 0.0798. The zero-order valence-corrected chi connectivity index (χ0v) is 8.21. The summed E-state index contributed by atoms with van der Waals surface area (Å²) in [6, 6.07) is 2.18. The third-order valence-corrected chi connectivity index (χ3v) is 1.85. The van der Waals surface area contributed by atoms with Crippen LogP contribution < -0.4 is 0 Å². The standard InChI is InChI=1S/C11H19N/c1-3-4-5-6-7-8-9-11(2)10-12/h8-9,11H,3-7H2,1-2H3/b9-8-. The smallest absolute Gasteiger partial charge is 0.0694 e. The van der Waals surface area contributed by atoms with Crippen LogP contribution in [0.3, 0.4) is 0 Å². The summed E-state index contributed by atoms with van der Waals surface area (Å²) >= 11 is 0. The lowest BCUT2D eigenvalue weighted by atomic mass is 10.1. The minimum absolute atomic E-state index is 0.0798. The molecule has 1 atom stereocenters. The molecule has 0 aromatic heterocycles. The normalized spacial score (nSPS) is 13.1. The highest BCUT2D eigenvalue weighted by atomic mass is 14.2. The van der Waals surface area contributed by atoms with Crippen molar-refractivity contribution in [1.82, 2.24) is 0 Å². The molecule has 0 saturated heterocycles. The molecule has 1 nitrogen and oxygen atoms in total. The second-order valence-corrected chi connectivity index (χ2v) is 3.20. The molecule has 0 aromatic rings. The molecule has 0 saturated carbocycles. The number of nitrogens with zero attached hydrogens (tertiary/aromatic N) is 1. The van der Waals surface area contributed by atoms with Crippen molar-refractivity contribution < 1.29 is 0 Å². The molecular weight excluding hydrogens is 146 g/mol. The predicted octanol–water partition coefficient (Wildman–Crippen LogP) is 3.67. The summed E-state index contributed by atoms with van der Waals surface area (Å²) in [6.07, 6.45) is 10.5. The van der Waals surface area contributed by atoms with Gasteiger partial charge in [0, 0.05) is 0 Å². The molecule has 0 rings (SSSR count). The van der Waals surface area contributed by atoms with Crippen molar-refractivity contribution in [1.29, 1.82) is 5.26 Å². The van der Waals surface area contributed by atoms with E-state index >= 15 is 0 Å². The predicted molar refractivity (Wildman–Crippen MR) is 52.7 cm³/mol. The highest BCUT2D eigenvalue weighted by Crippen LogP contribution is 2.04. The molecule has 68 valence electrons. The highest BCUT2D eigenvalue weighted by molar-refractivity contribution is 4.97. The maximum absolute atomic E-state index is 8.47. The number of nitriles is 1. The first-order chi connectivity index (χ1) is 5.81. The van der Waals surface area contributed by atoms with E-state index in [9.17, 15) is 0 Å². The van der Waals surface area contributed by atoms with Crippen LogP contribution in [0.2, 0.25) is 0 Å². The van der Waals surface area contributed by atoms with Crippen LogP contribution in [-0.4, -0.2) is 0 Å². The van der Waals surface area contributed by atoms with Gasteiger partial charge >= 0.3 is 0 Å². The van der Waals surface area contributed by atoms with E-state index in [-0.39, 0.29) is 5.92 Å². The SMILES string of the molecule is CCCCCC/C=C\C(C)C#N. The molecule has 1 heteroatoms. The molecule has 0 heterocycles. The Hall–Kier alpha value is -0.770. The molecule has 0 aliphatic carbocycles. The van der Waals surface area contributed by atoms with Gasteiger partial charge < -0.3 is 0 Å². The van der Waals surface area contributed by atoms with Gasteiger partial charge in [-0.2, -0.15) is 5.26 Å². The number of hydrogen-bond donors (Lipinski definition) is 0. The van der Waals surface area contributed by atoms with Gasteiger partial charge in [0.25, 0.3) is 0 Å². The average molecular weight is 165 g/mol. The lowest BCUT2D eigenvalue weighted by Gasteiger charge is -1.94. The Morgan fingerprint density at radius 2 is 2.08 bits per heavy atom. The molecule has 1 unspecified atom stereocenters. The molecule has 0 radical (unpaired) electrons. The number of hydrogen-bond acceptors (Lipinski definition) is 1. The molecule has 0 aliphatic rings. The summed E-state index contributed by atoms with van der Waals surface area (Å²) in [4.78, 5) is 0. The van der Waals surface area contributed by atoms with Crippen molar-refractivity contribution >= 4 is 0 Å². The van der Waals surface area contributed by atoms with Gasteiger partial charge in [-0.05, 0) is 19.8 Å². The van der Waals surface area contributed by atoms with Crippen LogP contribution in [0.15, 0.2) is 12.2 Å². The molecule has 0 bridgehead atoms. The van der Waals surface area contributed by atoms with Crippen LogP contribution in [0.25, 0.3) is 0 Å². The first kappa shape index (κ1) is 11.2. The van der Waals surface area contributed by atoms with Crippen LogP contribution in [0.5, 0.6) is 0 Å². The van der Waals surface area contributed by atoms with Crippen LogP contribution >= 0.6 is 0 Å². The molecule has 0 spiro atoms.